The Labute approximate surface area is 218 Å². The van der Waals surface area contributed by atoms with Crippen LogP contribution in [0.3, 0.4) is 0 Å². The molecular formula is C26H35N3O7S. The van der Waals surface area contributed by atoms with Crippen molar-refractivity contribution in [1.82, 2.24) is 10.2 Å². The maximum atomic E-state index is 13.7. The number of sulfonamides is 1. The molecule has 0 fully saturated rings. The van der Waals surface area contributed by atoms with E-state index >= 15 is 0 Å². The summed E-state index contributed by atoms with van der Waals surface area (Å²) in [5, 5.41) is 2.89. The first-order chi connectivity index (χ1) is 17.3. The molecule has 1 heterocycles. The fourth-order valence-electron chi connectivity index (χ4n) is 3.79. The molecule has 0 aromatic heterocycles. The van der Waals surface area contributed by atoms with Gasteiger partial charge in [-0.3, -0.25) is 13.9 Å². The second-order valence-corrected chi connectivity index (χ2v) is 11.8. The van der Waals surface area contributed by atoms with E-state index in [9.17, 15) is 18.0 Å². The number of nitrogens with one attached hydrogen (secondary N) is 1. The number of ether oxygens (including phenoxy) is 3. The molecule has 0 spiro atoms. The van der Waals surface area contributed by atoms with Gasteiger partial charge in [0.1, 0.15) is 31.5 Å². The highest BCUT2D eigenvalue weighted by Gasteiger charge is 2.32. The second kappa shape index (κ2) is 11.3. The molecule has 2 aromatic rings. The van der Waals surface area contributed by atoms with Crippen LogP contribution in [-0.2, 0) is 26.2 Å². The summed E-state index contributed by atoms with van der Waals surface area (Å²) >= 11 is 0. The van der Waals surface area contributed by atoms with Crippen molar-refractivity contribution < 1.29 is 32.2 Å². The van der Waals surface area contributed by atoms with E-state index in [-0.39, 0.29) is 18.1 Å². The van der Waals surface area contributed by atoms with Crippen molar-refractivity contribution in [3.8, 4) is 17.2 Å². The van der Waals surface area contributed by atoms with E-state index < -0.39 is 34.1 Å². The molecule has 0 radical (unpaired) electrons. The highest BCUT2D eigenvalue weighted by Crippen LogP contribution is 2.34. The van der Waals surface area contributed by atoms with Crippen molar-refractivity contribution in [3.05, 3.63) is 48.0 Å². The van der Waals surface area contributed by atoms with E-state index in [1.54, 1.807) is 50.4 Å². The van der Waals surface area contributed by atoms with E-state index in [1.807, 2.05) is 20.8 Å². The predicted octanol–water partition coefficient (Wildman–Crippen LogP) is 2.56. The Kier molecular flexibility index (Phi) is 8.57. The van der Waals surface area contributed by atoms with Crippen LogP contribution < -0.4 is 23.8 Å². The van der Waals surface area contributed by atoms with Crippen LogP contribution in [0.4, 0.5) is 5.69 Å². The fraction of sp³-hybridized carbons (Fsp3) is 0.462. The van der Waals surface area contributed by atoms with Crippen molar-refractivity contribution in [3.63, 3.8) is 0 Å². The van der Waals surface area contributed by atoms with Crippen LogP contribution in [0.5, 0.6) is 17.2 Å². The molecule has 37 heavy (non-hydrogen) atoms. The number of benzene rings is 2. The summed E-state index contributed by atoms with van der Waals surface area (Å²) in [6, 6.07) is 11.0. The minimum Gasteiger partial charge on any atom is -0.497 e. The van der Waals surface area contributed by atoms with E-state index in [1.165, 1.54) is 11.0 Å². The molecule has 0 aliphatic carbocycles. The number of anilines is 1. The van der Waals surface area contributed by atoms with Gasteiger partial charge in [-0.15, -0.1) is 0 Å². The summed E-state index contributed by atoms with van der Waals surface area (Å²) in [5.74, 6) is 0.676. The summed E-state index contributed by atoms with van der Waals surface area (Å²) in [5.41, 5.74) is 0.510. The van der Waals surface area contributed by atoms with Crippen LogP contribution in [-0.4, -0.2) is 69.8 Å². The van der Waals surface area contributed by atoms with E-state index in [0.29, 0.717) is 30.5 Å². The monoisotopic (exact) mass is 533 g/mol. The Hall–Kier alpha value is -3.47. The number of rotatable bonds is 9. The highest BCUT2D eigenvalue weighted by molar-refractivity contribution is 7.92. The first-order valence-electron chi connectivity index (χ1n) is 11.9. The van der Waals surface area contributed by atoms with Crippen molar-refractivity contribution in [2.24, 2.45) is 0 Å². The van der Waals surface area contributed by atoms with E-state index in [2.05, 4.69) is 5.32 Å². The molecule has 0 unspecified atom stereocenters. The number of methoxy groups -OCH3 is 1. The first kappa shape index (κ1) is 28.1. The zero-order valence-electron chi connectivity index (χ0n) is 22.1. The number of hydrogen-bond acceptors (Lipinski definition) is 7. The van der Waals surface area contributed by atoms with Gasteiger partial charge in [-0.1, -0.05) is 12.1 Å². The van der Waals surface area contributed by atoms with E-state index in [4.69, 9.17) is 14.2 Å². The molecule has 1 aliphatic rings. The van der Waals surface area contributed by atoms with Crippen molar-refractivity contribution in [1.29, 1.82) is 0 Å². The molecule has 3 rings (SSSR count). The third-order valence-electron chi connectivity index (χ3n) is 5.67. The second-order valence-electron chi connectivity index (χ2n) is 9.88. The predicted molar refractivity (Wildman–Crippen MR) is 141 cm³/mol. The Balaban J connectivity index is 1.92. The van der Waals surface area contributed by atoms with Crippen LogP contribution in [0.2, 0.25) is 0 Å². The minimum absolute atomic E-state index is 0.0975. The number of hydrogen-bond donors (Lipinski definition) is 1. The normalized spacial score (nSPS) is 13.9. The van der Waals surface area contributed by atoms with Gasteiger partial charge in [0.2, 0.25) is 21.8 Å². The molecule has 2 aromatic carbocycles. The lowest BCUT2D eigenvalue weighted by molar-refractivity contribution is -0.140. The average Bonchev–Trinajstić information content (AvgIpc) is 2.83. The number of fused-ring (bicyclic) bond motifs is 1. The van der Waals surface area contributed by atoms with Crippen molar-refractivity contribution in [2.45, 2.75) is 45.8 Å². The Morgan fingerprint density at radius 2 is 1.68 bits per heavy atom. The third-order valence-corrected chi connectivity index (χ3v) is 6.81. The minimum atomic E-state index is -3.86. The van der Waals surface area contributed by atoms with E-state index in [0.717, 1.165) is 16.1 Å². The van der Waals surface area contributed by atoms with Crippen LogP contribution in [0.25, 0.3) is 0 Å². The number of carbonyl (C=O) groups excluding carboxylic acids is 2. The largest absolute Gasteiger partial charge is 0.497 e. The van der Waals surface area contributed by atoms with Crippen LogP contribution in [0.15, 0.2) is 42.5 Å². The van der Waals surface area contributed by atoms with Gasteiger partial charge >= 0.3 is 0 Å². The van der Waals surface area contributed by atoms with Gasteiger partial charge in [0.05, 0.1) is 19.1 Å². The summed E-state index contributed by atoms with van der Waals surface area (Å²) in [7, 11) is -2.30. The van der Waals surface area contributed by atoms with Gasteiger partial charge in [0.25, 0.3) is 0 Å². The lowest BCUT2D eigenvalue weighted by Gasteiger charge is -2.33. The quantitative estimate of drug-likeness (QED) is 0.527. The Morgan fingerprint density at radius 1 is 1.05 bits per heavy atom. The Morgan fingerprint density at radius 3 is 2.24 bits per heavy atom. The number of amides is 2. The van der Waals surface area contributed by atoms with Gasteiger partial charge in [-0.05, 0) is 57.5 Å². The van der Waals surface area contributed by atoms with Gasteiger partial charge in [-0.25, -0.2) is 8.42 Å². The highest BCUT2D eigenvalue weighted by atomic mass is 32.2. The fourth-order valence-corrected chi connectivity index (χ4v) is 4.63. The number of carbonyl (C=O) groups is 2. The summed E-state index contributed by atoms with van der Waals surface area (Å²) in [6.45, 7) is 7.50. The zero-order chi connectivity index (χ0) is 27.4. The molecule has 0 saturated heterocycles. The third kappa shape index (κ3) is 7.51. The van der Waals surface area contributed by atoms with Gasteiger partial charge in [0.15, 0.2) is 11.5 Å². The molecule has 1 atom stereocenters. The standard InChI is InChI=1S/C26H35N3O7S/c1-18(25(31)27-26(2,3)4)28(16-19-7-10-21(34-5)11-8-19)24(30)17-29(37(6,32)33)20-9-12-22-23(15-20)36-14-13-35-22/h7-12,15,18H,13-14,16-17H2,1-6H3,(H,27,31)/t18-/m0/s1. The summed E-state index contributed by atoms with van der Waals surface area (Å²) in [6.07, 6.45) is 1.03. The molecule has 0 bridgehead atoms. The maximum Gasteiger partial charge on any atom is 0.244 e. The maximum absolute atomic E-state index is 13.7. The van der Waals surface area contributed by atoms with Crippen molar-refractivity contribution in [2.75, 3.05) is 37.4 Å². The first-order valence-corrected chi connectivity index (χ1v) is 13.7. The lowest BCUT2D eigenvalue weighted by Crippen LogP contribution is -2.54. The Bertz CT molecular complexity index is 1220. The lowest BCUT2D eigenvalue weighted by atomic mass is 10.1. The zero-order valence-corrected chi connectivity index (χ0v) is 22.9. The van der Waals surface area contributed by atoms with Gasteiger partial charge in [0, 0.05) is 18.2 Å². The SMILES string of the molecule is COc1ccc(CN(C(=O)CN(c2ccc3c(c2)OCCO3)S(C)(=O)=O)[C@@H](C)C(=O)NC(C)(C)C)cc1. The molecule has 10 nitrogen and oxygen atoms in total. The molecule has 1 aliphatic heterocycles. The molecular weight excluding hydrogens is 498 g/mol. The van der Waals surface area contributed by atoms with Crippen LogP contribution >= 0.6 is 0 Å². The van der Waals surface area contributed by atoms with Crippen LogP contribution in [0, 0.1) is 0 Å². The van der Waals surface area contributed by atoms with Gasteiger partial charge in [-0.2, -0.15) is 0 Å². The molecule has 0 saturated carbocycles. The number of nitrogens with zero attached hydrogens (tertiary/aromatic N) is 2. The molecule has 202 valence electrons. The molecule has 11 heteroatoms. The van der Waals surface area contributed by atoms with Crippen molar-refractivity contribution >= 4 is 27.5 Å². The van der Waals surface area contributed by atoms with Gasteiger partial charge < -0.3 is 24.4 Å². The summed E-state index contributed by atoms with van der Waals surface area (Å²) in [4.78, 5) is 28.1. The molecule has 1 N–H and O–H groups in total. The smallest absolute Gasteiger partial charge is 0.244 e. The topological polar surface area (TPSA) is 114 Å². The average molecular weight is 534 g/mol. The summed E-state index contributed by atoms with van der Waals surface area (Å²) < 4.78 is 42.9. The molecule has 2 amide bonds. The van der Waals surface area contributed by atoms with Crippen LogP contribution in [0.1, 0.15) is 33.3 Å².